The number of carbonyl (C=O) groups is 1. The van der Waals surface area contributed by atoms with Crippen LogP contribution < -0.4 is 11.1 Å². The summed E-state index contributed by atoms with van der Waals surface area (Å²) in [5, 5.41) is 2.68. The molecule has 0 atom stereocenters. The molecule has 1 aromatic carbocycles. The van der Waals surface area contributed by atoms with Gasteiger partial charge in [0.25, 0.3) is 0 Å². The number of nitrogens with two attached hydrogens (primary N) is 1. The van der Waals surface area contributed by atoms with Crippen molar-refractivity contribution >= 4 is 11.6 Å². The minimum Gasteiger partial charge on any atom is -0.325 e. The quantitative estimate of drug-likeness (QED) is 0.729. The molecule has 1 rings (SSSR count). The van der Waals surface area contributed by atoms with Gasteiger partial charge in [-0.25, -0.2) is 0 Å². The van der Waals surface area contributed by atoms with E-state index in [1.165, 1.54) is 5.56 Å². The highest BCUT2D eigenvalue weighted by atomic mass is 16.1. The molecule has 3 heteroatoms. The maximum atomic E-state index is 10.9. The second-order valence-corrected chi connectivity index (χ2v) is 2.80. The molecule has 1 aromatic rings. The number of hydrogen-bond donors (Lipinski definition) is 2. The third kappa shape index (κ3) is 2.87. The Kier molecular flexibility index (Phi) is 3.46. The fourth-order valence-electron chi connectivity index (χ4n) is 1.04. The predicted octanol–water partition coefficient (Wildman–Crippen LogP) is 1.15. The average molecular weight is 178 g/mol. The minimum absolute atomic E-state index is 0.0233. The van der Waals surface area contributed by atoms with Gasteiger partial charge in [-0.15, -0.1) is 0 Å². The van der Waals surface area contributed by atoms with Gasteiger partial charge in [0.2, 0.25) is 5.91 Å². The van der Waals surface area contributed by atoms with Crippen LogP contribution in [0.25, 0.3) is 0 Å². The van der Waals surface area contributed by atoms with Gasteiger partial charge in [-0.1, -0.05) is 19.1 Å². The highest BCUT2D eigenvalue weighted by Crippen LogP contribution is 2.09. The molecule has 70 valence electrons. The molecule has 0 unspecified atom stereocenters. The van der Waals surface area contributed by atoms with Crippen LogP contribution in [0.5, 0.6) is 0 Å². The maximum absolute atomic E-state index is 10.9. The van der Waals surface area contributed by atoms with E-state index >= 15 is 0 Å². The fourth-order valence-corrected chi connectivity index (χ4v) is 1.04. The van der Waals surface area contributed by atoms with Crippen LogP contribution >= 0.6 is 0 Å². The largest absolute Gasteiger partial charge is 0.325 e. The number of rotatable bonds is 3. The molecule has 0 heterocycles. The number of nitrogens with one attached hydrogen (secondary N) is 1. The lowest BCUT2D eigenvalue weighted by Crippen LogP contribution is -2.21. The predicted molar refractivity (Wildman–Crippen MR) is 53.5 cm³/mol. The Morgan fingerprint density at radius 2 is 2.00 bits per heavy atom. The van der Waals surface area contributed by atoms with E-state index in [-0.39, 0.29) is 12.5 Å². The molecule has 0 spiro atoms. The molecule has 0 bridgehead atoms. The van der Waals surface area contributed by atoms with Crippen LogP contribution in [-0.2, 0) is 11.2 Å². The first-order chi connectivity index (χ1) is 6.26. The van der Waals surface area contributed by atoms with Crippen molar-refractivity contribution in [3.63, 3.8) is 0 Å². The van der Waals surface area contributed by atoms with E-state index in [1.54, 1.807) is 0 Å². The number of anilines is 1. The van der Waals surface area contributed by atoms with Crippen molar-refractivity contribution in [2.45, 2.75) is 13.3 Å². The average Bonchev–Trinajstić information content (AvgIpc) is 2.19. The van der Waals surface area contributed by atoms with E-state index < -0.39 is 0 Å². The van der Waals surface area contributed by atoms with Crippen LogP contribution in [0.15, 0.2) is 24.3 Å². The number of amides is 1. The van der Waals surface area contributed by atoms with E-state index in [9.17, 15) is 4.79 Å². The normalized spacial score (nSPS) is 9.69. The van der Waals surface area contributed by atoms with E-state index in [2.05, 4.69) is 12.2 Å². The zero-order valence-electron chi connectivity index (χ0n) is 7.71. The summed E-state index contributed by atoms with van der Waals surface area (Å²) in [5.41, 5.74) is 7.22. The van der Waals surface area contributed by atoms with Gasteiger partial charge in [-0.3, -0.25) is 4.79 Å². The topological polar surface area (TPSA) is 55.1 Å². The molecule has 0 saturated heterocycles. The van der Waals surface area contributed by atoms with Crippen molar-refractivity contribution in [2.75, 3.05) is 11.9 Å². The lowest BCUT2D eigenvalue weighted by Gasteiger charge is -2.03. The fraction of sp³-hybridized carbons (Fsp3) is 0.300. The van der Waals surface area contributed by atoms with Gasteiger partial charge in [0.1, 0.15) is 0 Å². The lowest BCUT2D eigenvalue weighted by atomic mass is 10.1. The van der Waals surface area contributed by atoms with Crippen LogP contribution in [0.4, 0.5) is 5.69 Å². The van der Waals surface area contributed by atoms with Crippen molar-refractivity contribution in [2.24, 2.45) is 5.73 Å². The van der Waals surface area contributed by atoms with Gasteiger partial charge < -0.3 is 11.1 Å². The van der Waals surface area contributed by atoms with Gasteiger partial charge in [0.15, 0.2) is 0 Å². The second kappa shape index (κ2) is 4.62. The highest BCUT2D eigenvalue weighted by molar-refractivity contribution is 5.92. The van der Waals surface area contributed by atoms with Crippen molar-refractivity contribution in [1.29, 1.82) is 0 Å². The standard InChI is InChI=1S/C10H14N2O/c1-2-8-3-5-9(6-4-8)12-10(13)7-11/h3-6H,2,7,11H2,1H3,(H,12,13). The van der Waals surface area contributed by atoms with E-state index in [0.717, 1.165) is 12.1 Å². The van der Waals surface area contributed by atoms with Gasteiger partial charge in [0.05, 0.1) is 6.54 Å². The molecule has 13 heavy (non-hydrogen) atoms. The van der Waals surface area contributed by atoms with Gasteiger partial charge in [-0.2, -0.15) is 0 Å². The van der Waals surface area contributed by atoms with Crippen LogP contribution in [0.3, 0.4) is 0 Å². The monoisotopic (exact) mass is 178 g/mol. The Morgan fingerprint density at radius 3 is 2.46 bits per heavy atom. The Labute approximate surface area is 77.9 Å². The summed E-state index contributed by atoms with van der Waals surface area (Å²) in [6.45, 7) is 2.11. The van der Waals surface area contributed by atoms with E-state index in [0.29, 0.717) is 0 Å². The molecule has 0 saturated carbocycles. The number of hydrogen-bond acceptors (Lipinski definition) is 2. The molecule has 0 aliphatic heterocycles. The third-order valence-corrected chi connectivity index (χ3v) is 1.83. The first-order valence-electron chi connectivity index (χ1n) is 4.35. The summed E-state index contributed by atoms with van der Waals surface area (Å²) in [5.74, 6) is -0.163. The van der Waals surface area contributed by atoms with Gasteiger partial charge in [-0.05, 0) is 24.1 Å². The zero-order chi connectivity index (χ0) is 9.68. The second-order valence-electron chi connectivity index (χ2n) is 2.80. The summed E-state index contributed by atoms with van der Waals surface area (Å²) < 4.78 is 0. The lowest BCUT2D eigenvalue weighted by molar-refractivity contribution is -0.114. The Morgan fingerprint density at radius 1 is 1.38 bits per heavy atom. The SMILES string of the molecule is CCc1ccc(NC(=O)CN)cc1. The van der Waals surface area contributed by atoms with Gasteiger partial charge >= 0.3 is 0 Å². The van der Waals surface area contributed by atoms with E-state index in [4.69, 9.17) is 5.73 Å². The molecular weight excluding hydrogens is 164 g/mol. The van der Waals surface area contributed by atoms with Gasteiger partial charge in [0, 0.05) is 5.69 Å². The van der Waals surface area contributed by atoms with E-state index in [1.807, 2.05) is 24.3 Å². The summed E-state index contributed by atoms with van der Waals surface area (Å²) in [7, 11) is 0. The van der Waals surface area contributed by atoms with Crippen molar-refractivity contribution in [3.8, 4) is 0 Å². The Bertz CT molecular complexity index is 279. The maximum Gasteiger partial charge on any atom is 0.238 e. The third-order valence-electron chi connectivity index (χ3n) is 1.83. The van der Waals surface area contributed by atoms with Crippen molar-refractivity contribution in [1.82, 2.24) is 0 Å². The summed E-state index contributed by atoms with van der Waals surface area (Å²) in [4.78, 5) is 10.9. The molecule has 0 aromatic heterocycles. The first-order valence-corrected chi connectivity index (χ1v) is 4.35. The van der Waals surface area contributed by atoms with Crippen molar-refractivity contribution in [3.05, 3.63) is 29.8 Å². The van der Waals surface area contributed by atoms with Crippen molar-refractivity contribution < 1.29 is 4.79 Å². The zero-order valence-corrected chi connectivity index (χ0v) is 7.71. The Balaban J connectivity index is 2.64. The summed E-state index contributed by atoms with van der Waals surface area (Å²) in [6.07, 6.45) is 1.01. The summed E-state index contributed by atoms with van der Waals surface area (Å²) in [6, 6.07) is 7.75. The molecule has 1 amide bonds. The van der Waals surface area contributed by atoms with Crippen LogP contribution in [0, 0.1) is 0 Å². The smallest absolute Gasteiger partial charge is 0.238 e. The number of carbonyl (C=O) groups excluding carboxylic acids is 1. The molecule has 0 aliphatic rings. The van der Waals surface area contributed by atoms with Crippen LogP contribution in [0.2, 0.25) is 0 Å². The molecule has 3 nitrogen and oxygen atoms in total. The molecule has 0 fully saturated rings. The van der Waals surface area contributed by atoms with Crippen LogP contribution in [0.1, 0.15) is 12.5 Å². The molecular formula is C10H14N2O. The number of aryl methyl sites for hydroxylation is 1. The number of benzene rings is 1. The molecule has 0 radical (unpaired) electrons. The molecule has 3 N–H and O–H groups in total. The van der Waals surface area contributed by atoms with Crippen LogP contribution in [-0.4, -0.2) is 12.5 Å². The minimum atomic E-state index is -0.163. The molecule has 0 aliphatic carbocycles. The highest BCUT2D eigenvalue weighted by Gasteiger charge is 1.97. The summed E-state index contributed by atoms with van der Waals surface area (Å²) >= 11 is 0. The Hall–Kier alpha value is -1.35. The first kappa shape index (κ1) is 9.74.